The Kier molecular flexibility index (Phi) is 7.70. The highest BCUT2D eigenvalue weighted by atomic mass is 16.5. The van der Waals surface area contributed by atoms with Crippen LogP contribution in [0.15, 0.2) is 18.2 Å². The zero-order valence-electron chi connectivity index (χ0n) is 15.4. The molecule has 1 aliphatic carbocycles. The Morgan fingerprint density at radius 1 is 1.21 bits per heavy atom. The quantitative estimate of drug-likeness (QED) is 0.891. The third-order valence-electron chi connectivity index (χ3n) is 4.93. The number of hydrogen-bond donors (Lipinski definition) is 1. The van der Waals surface area contributed by atoms with Gasteiger partial charge in [-0.3, -0.25) is 9.78 Å². The van der Waals surface area contributed by atoms with Crippen molar-refractivity contribution >= 4 is 5.91 Å². The van der Waals surface area contributed by atoms with E-state index >= 15 is 0 Å². The Morgan fingerprint density at radius 3 is 2.58 bits per heavy atom. The average molecular weight is 332 g/mol. The molecule has 3 rings (SSSR count). The molecule has 24 heavy (non-hydrogen) atoms. The molecule has 1 N–H and O–H groups in total. The molecule has 4 nitrogen and oxygen atoms in total. The van der Waals surface area contributed by atoms with Crippen LogP contribution in [0.4, 0.5) is 0 Å². The standard InChI is InChI=1S/C18H26N2O2.C2H6/c1-13(21)19-18(15-10-11-22-12-15)17-9-5-8-16(20-17)14-6-3-2-4-7-14;1-2/h5,8-9,14-15,18H,2-4,6-7,10-12H2,1H3,(H,19,21);1-2H3. The Labute approximate surface area is 146 Å². The van der Waals surface area contributed by atoms with E-state index in [2.05, 4.69) is 17.4 Å². The van der Waals surface area contributed by atoms with Gasteiger partial charge in [-0.1, -0.05) is 39.2 Å². The van der Waals surface area contributed by atoms with Gasteiger partial charge in [0, 0.05) is 31.1 Å². The number of hydrogen-bond acceptors (Lipinski definition) is 3. The smallest absolute Gasteiger partial charge is 0.217 e. The van der Waals surface area contributed by atoms with Gasteiger partial charge in [0.1, 0.15) is 0 Å². The van der Waals surface area contributed by atoms with E-state index in [4.69, 9.17) is 9.72 Å². The molecule has 2 fully saturated rings. The van der Waals surface area contributed by atoms with Crippen molar-refractivity contribution in [1.82, 2.24) is 10.3 Å². The van der Waals surface area contributed by atoms with Crippen LogP contribution in [0.2, 0.25) is 0 Å². The second kappa shape index (κ2) is 9.77. The van der Waals surface area contributed by atoms with Crippen molar-refractivity contribution in [3.05, 3.63) is 29.6 Å². The van der Waals surface area contributed by atoms with Crippen LogP contribution in [0.1, 0.15) is 82.6 Å². The van der Waals surface area contributed by atoms with Crippen LogP contribution in [-0.2, 0) is 9.53 Å². The Hall–Kier alpha value is -1.42. The van der Waals surface area contributed by atoms with Crippen molar-refractivity contribution in [1.29, 1.82) is 0 Å². The van der Waals surface area contributed by atoms with E-state index in [0.717, 1.165) is 18.7 Å². The van der Waals surface area contributed by atoms with Gasteiger partial charge in [-0.25, -0.2) is 0 Å². The van der Waals surface area contributed by atoms with Gasteiger partial charge in [0.25, 0.3) is 0 Å². The first-order chi connectivity index (χ1) is 11.7. The van der Waals surface area contributed by atoms with Crippen LogP contribution >= 0.6 is 0 Å². The Bertz CT molecular complexity index is 506. The molecule has 2 aliphatic rings. The summed E-state index contributed by atoms with van der Waals surface area (Å²) in [5.41, 5.74) is 2.19. The first-order valence-corrected chi connectivity index (χ1v) is 9.56. The van der Waals surface area contributed by atoms with Gasteiger partial charge in [0.15, 0.2) is 0 Å². The van der Waals surface area contributed by atoms with Gasteiger partial charge >= 0.3 is 0 Å². The van der Waals surface area contributed by atoms with E-state index in [-0.39, 0.29) is 11.9 Å². The fourth-order valence-corrected chi connectivity index (χ4v) is 3.74. The van der Waals surface area contributed by atoms with Crippen LogP contribution in [0, 0.1) is 5.92 Å². The van der Waals surface area contributed by atoms with Crippen LogP contribution in [0.3, 0.4) is 0 Å². The normalized spacial score (nSPS) is 22.4. The monoisotopic (exact) mass is 332 g/mol. The summed E-state index contributed by atoms with van der Waals surface area (Å²) in [6.45, 7) is 7.07. The van der Waals surface area contributed by atoms with E-state index in [9.17, 15) is 4.79 Å². The maximum absolute atomic E-state index is 11.6. The number of carbonyl (C=O) groups excluding carboxylic acids is 1. The summed E-state index contributed by atoms with van der Waals surface area (Å²) in [5, 5.41) is 3.09. The fraction of sp³-hybridized carbons (Fsp3) is 0.700. The predicted molar refractivity (Wildman–Crippen MR) is 96.9 cm³/mol. The topological polar surface area (TPSA) is 51.2 Å². The maximum Gasteiger partial charge on any atom is 0.217 e. The van der Waals surface area contributed by atoms with E-state index in [1.54, 1.807) is 6.92 Å². The zero-order valence-corrected chi connectivity index (χ0v) is 15.4. The number of carbonyl (C=O) groups is 1. The second-order valence-corrected chi connectivity index (χ2v) is 6.62. The minimum Gasteiger partial charge on any atom is -0.381 e. The van der Waals surface area contributed by atoms with Crippen molar-refractivity contribution in [2.75, 3.05) is 13.2 Å². The van der Waals surface area contributed by atoms with Gasteiger partial charge < -0.3 is 10.1 Å². The summed E-state index contributed by atoms with van der Waals surface area (Å²) in [6.07, 6.45) is 7.44. The van der Waals surface area contributed by atoms with Gasteiger partial charge in [0.05, 0.1) is 18.3 Å². The van der Waals surface area contributed by atoms with Crippen molar-refractivity contribution in [2.45, 2.75) is 71.3 Å². The van der Waals surface area contributed by atoms with Gasteiger partial charge in [0.2, 0.25) is 5.91 Å². The summed E-state index contributed by atoms with van der Waals surface area (Å²) in [6, 6.07) is 6.26. The fourth-order valence-electron chi connectivity index (χ4n) is 3.74. The Balaban J connectivity index is 0.00000100. The van der Waals surface area contributed by atoms with E-state index in [0.29, 0.717) is 18.4 Å². The van der Waals surface area contributed by atoms with Crippen LogP contribution in [0.5, 0.6) is 0 Å². The molecule has 1 aromatic rings. The molecular weight excluding hydrogens is 300 g/mol. The highest BCUT2D eigenvalue weighted by Crippen LogP contribution is 2.33. The highest BCUT2D eigenvalue weighted by molar-refractivity contribution is 5.73. The minimum absolute atomic E-state index is 0.00164. The molecule has 1 saturated carbocycles. The molecule has 4 heteroatoms. The number of rotatable bonds is 4. The molecule has 1 aliphatic heterocycles. The molecule has 134 valence electrons. The van der Waals surface area contributed by atoms with Gasteiger partial charge in [-0.15, -0.1) is 0 Å². The summed E-state index contributed by atoms with van der Waals surface area (Å²) >= 11 is 0. The highest BCUT2D eigenvalue weighted by Gasteiger charge is 2.29. The first-order valence-electron chi connectivity index (χ1n) is 9.56. The average Bonchev–Trinajstić information content (AvgIpc) is 3.16. The number of nitrogens with zero attached hydrogens (tertiary/aromatic N) is 1. The van der Waals surface area contributed by atoms with Crippen molar-refractivity contribution in [3.8, 4) is 0 Å². The Morgan fingerprint density at radius 2 is 1.96 bits per heavy atom. The van der Waals surface area contributed by atoms with Gasteiger partial charge in [-0.2, -0.15) is 0 Å². The molecule has 0 aromatic carbocycles. The third-order valence-corrected chi connectivity index (χ3v) is 4.93. The van der Waals surface area contributed by atoms with Gasteiger partial charge in [-0.05, 0) is 31.4 Å². The van der Waals surface area contributed by atoms with E-state index in [1.807, 2.05) is 19.9 Å². The number of nitrogens with one attached hydrogen (secondary N) is 1. The largest absolute Gasteiger partial charge is 0.381 e. The summed E-state index contributed by atoms with van der Waals surface area (Å²) in [7, 11) is 0. The molecule has 2 unspecified atom stereocenters. The molecule has 0 spiro atoms. The molecular formula is C20H32N2O2. The molecule has 2 heterocycles. The van der Waals surface area contributed by atoms with Crippen molar-refractivity contribution < 1.29 is 9.53 Å². The lowest BCUT2D eigenvalue weighted by Crippen LogP contribution is -2.33. The molecule has 1 aromatic heterocycles. The number of aromatic nitrogens is 1. The maximum atomic E-state index is 11.6. The molecule has 0 radical (unpaired) electrons. The summed E-state index contributed by atoms with van der Waals surface area (Å²) in [5.74, 6) is 0.922. The second-order valence-electron chi connectivity index (χ2n) is 6.62. The lowest BCUT2D eigenvalue weighted by molar-refractivity contribution is -0.120. The van der Waals surface area contributed by atoms with Crippen LogP contribution in [0.25, 0.3) is 0 Å². The zero-order chi connectivity index (χ0) is 17.4. The van der Waals surface area contributed by atoms with Crippen molar-refractivity contribution in [2.24, 2.45) is 5.92 Å². The summed E-state index contributed by atoms with van der Waals surface area (Å²) < 4.78 is 5.51. The SMILES string of the molecule is CC.CC(=O)NC(c1cccc(C2CCCCC2)n1)C1CCOC1. The van der Waals surface area contributed by atoms with Crippen LogP contribution < -0.4 is 5.32 Å². The lowest BCUT2D eigenvalue weighted by Gasteiger charge is -2.25. The van der Waals surface area contributed by atoms with Crippen LogP contribution in [-0.4, -0.2) is 24.1 Å². The van der Waals surface area contributed by atoms with E-state index < -0.39 is 0 Å². The first kappa shape index (κ1) is 18.9. The molecule has 2 atom stereocenters. The third kappa shape index (κ3) is 5.04. The molecule has 1 amide bonds. The number of amides is 1. The number of pyridine rings is 1. The lowest BCUT2D eigenvalue weighted by atomic mass is 9.86. The number of ether oxygens (including phenoxy) is 1. The minimum atomic E-state index is -0.0245. The molecule has 1 saturated heterocycles. The predicted octanol–water partition coefficient (Wildman–Crippen LogP) is 4.37. The molecule has 0 bridgehead atoms. The van der Waals surface area contributed by atoms with E-state index in [1.165, 1.54) is 37.8 Å². The van der Waals surface area contributed by atoms with Crippen molar-refractivity contribution in [3.63, 3.8) is 0 Å². The summed E-state index contributed by atoms with van der Waals surface area (Å²) in [4.78, 5) is 16.5.